The van der Waals surface area contributed by atoms with Gasteiger partial charge in [0.05, 0.1) is 0 Å². The summed E-state index contributed by atoms with van der Waals surface area (Å²) in [7, 11) is 3.95. The van der Waals surface area contributed by atoms with Gasteiger partial charge >= 0.3 is 0 Å². The molecule has 0 aromatic heterocycles. The van der Waals surface area contributed by atoms with Crippen molar-refractivity contribution >= 4 is 5.69 Å². The highest BCUT2D eigenvalue weighted by atomic mass is 19.1. The SMILES string of the molecule is CNC(CN(C)c1cccc(F)c1)c1ccc(C)cc1C. The Kier molecular flexibility index (Phi) is 4.97. The van der Waals surface area contributed by atoms with Gasteiger partial charge in [0.1, 0.15) is 5.82 Å². The second-order valence-electron chi connectivity index (χ2n) is 5.56. The molecular weight excluding hydrogens is 263 g/mol. The summed E-state index contributed by atoms with van der Waals surface area (Å²) in [4.78, 5) is 2.07. The molecular formula is C18H23FN2. The molecule has 0 aliphatic heterocycles. The summed E-state index contributed by atoms with van der Waals surface area (Å²) < 4.78 is 13.3. The third-order valence-electron chi connectivity index (χ3n) is 3.85. The minimum Gasteiger partial charge on any atom is -0.373 e. The number of hydrogen-bond donors (Lipinski definition) is 1. The summed E-state index contributed by atoms with van der Waals surface area (Å²) in [5, 5.41) is 3.36. The first-order valence-corrected chi connectivity index (χ1v) is 7.22. The van der Waals surface area contributed by atoms with E-state index in [1.807, 2.05) is 20.2 Å². The Morgan fingerprint density at radius 2 is 1.90 bits per heavy atom. The summed E-state index contributed by atoms with van der Waals surface area (Å²) in [5.74, 6) is -0.202. The van der Waals surface area contributed by atoms with Gasteiger partial charge in [0.2, 0.25) is 0 Å². The highest BCUT2D eigenvalue weighted by Crippen LogP contribution is 2.22. The lowest BCUT2D eigenvalue weighted by Gasteiger charge is -2.27. The Balaban J connectivity index is 2.18. The van der Waals surface area contributed by atoms with Gasteiger partial charge in [0.25, 0.3) is 0 Å². The van der Waals surface area contributed by atoms with Crippen LogP contribution in [0.25, 0.3) is 0 Å². The number of anilines is 1. The summed E-state index contributed by atoms with van der Waals surface area (Å²) in [6.45, 7) is 5.02. The first-order chi connectivity index (χ1) is 10.0. The number of aryl methyl sites for hydroxylation is 2. The predicted molar refractivity (Wildman–Crippen MR) is 87.4 cm³/mol. The van der Waals surface area contributed by atoms with Crippen LogP contribution in [0.3, 0.4) is 0 Å². The second-order valence-corrected chi connectivity index (χ2v) is 5.56. The molecule has 2 rings (SSSR count). The predicted octanol–water partition coefficient (Wildman–Crippen LogP) is 3.84. The Morgan fingerprint density at radius 1 is 1.14 bits per heavy atom. The molecule has 0 heterocycles. The zero-order valence-electron chi connectivity index (χ0n) is 13.2. The van der Waals surface area contributed by atoms with Crippen molar-refractivity contribution in [3.05, 3.63) is 65.0 Å². The lowest BCUT2D eigenvalue weighted by Crippen LogP contribution is -2.31. The number of benzene rings is 2. The van der Waals surface area contributed by atoms with Gasteiger partial charge in [-0.2, -0.15) is 0 Å². The van der Waals surface area contributed by atoms with Crippen molar-refractivity contribution in [3.8, 4) is 0 Å². The molecule has 0 saturated carbocycles. The third-order valence-corrected chi connectivity index (χ3v) is 3.85. The van der Waals surface area contributed by atoms with E-state index in [1.54, 1.807) is 12.1 Å². The van der Waals surface area contributed by atoms with E-state index in [0.29, 0.717) is 0 Å². The van der Waals surface area contributed by atoms with Crippen molar-refractivity contribution in [2.45, 2.75) is 19.9 Å². The Morgan fingerprint density at radius 3 is 2.52 bits per heavy atom. The van der Waals surface area contributed by atoms with Gasteiger partial charge in [-0.1, -0.05) is 29.8 Å². The van der Waals surface area contributed by atoms with Crippen LogP contribution in [0.1, 0.15) is 22.7 Å². The van der Waals surface area contributed by atoms with E-state index in [4.69, 9.17) is 0 Å². The number of hydrogen-bond acceptors (Lipinski definition) is 2. The van der Waals surface area contributed by atoms with Crippen LogP contribution in [0.4, 0.5) is 10.1 Å². The molecule has 0 spiro atoms. The van der Waals surface area contributed by atoms with Gasteiger partial charge in [-0.15, -0.1) is 0 Å². The first-order valence-electron chi connectivity index (χ1n) is 7.22. The first kappa shape index (κ1) is 15.5. The van der Waals surface area contributed by atoms with Gasteiger partial charge in [0.15, 0.2) is 0 Å². The number of rotatable bonds is 5. The molecule has 21 heavy (non-hydrogen) atoms. The molecule has 2 nitrogen and oxygen atoms in total. The van der Waals surface area contributed by atoms with Crippen LogP contribution < -0.4 is 10.2 Å². The van der Waals surface area contributed by atoms with Crippen molar-refractivity contribution in [1.29, 1.82) is 0 Å². The highest BCUT2D eigenvalue weighted by molar-refractivity contribution is 5.46. The molecule has 3 heteroatoms. The fraction of sp³-hybridized carbons (Fsp3) is 0.333. The van der Waals surface area contributed by atoms with Crippen molar-refractivity contribution in [3.63, 3.8) is 0 Å². The number of likely N-dealkylation sites (N-methyl/N-ethyl adjacent to an activating group) is 2. The largest absolute Gasteiger partial charge is 0.373 e. The molecule has 1 N–H and O–H groups in total. The lowest BCUT2D eigenvalue weighted by molar-refractivity contribution is 0.584. The summed E-state index contributed by atoms with van der Waals surface area (Å²) in [6, 6.07) is 13.4. The average Bonchev–Trinajstić information content (AvgIpc) is 2.45. The Hall–Kier alpha value is -1.87. The van der Waals surface area contributed by atoms with Crippen molar-refractivity contribution < 1.29 is 4.39 Å². The van der Waals surface area contributed by atoms with Crippen LogP contribution in [-0.2, 0) is 0 Å². The van der Waals surface area contributed by atoms with Crippen molar-refractivity contribution in [1.82, 2.24) is 5.32 Å². The second kappa shape index (κ2) is 6.72. The zero-order chi connectivity index (χ0) is 15.4. The topological polar surface area (TPSA) is 15.3 Å². The normalized spacial score (nSPS) is 12.2. The summed E-state index contributed by atoms with van der Waals surface area (Å²) >= 11 is 0. The molecule has 112 valence electrons. The van der Waals surface area contributed by atoms with Crippen LogP contribution >= 0.6 is 0 Å². The quantitative estimate of drug-likeness (QED) is 0.898. The minimum atomic E-state index is -0.202. The van der Waals surface area contributed by atoms with Crippen LogP contribution in [0, 0.1) is 19.7 Å². The maximum atomic E-state index is 13.3. The number of halogens is 1. The van der Waals surface area contributed by atoms with Crippen LogP contribution in [0.2, 0.25) is 0 Å². The molecule has 1 unspecified atom stereocenters. The Labute approximate surface area is 126 Å². The van der Waals surface area contributed by atoms with Gasteiger partial charge < -0.3 is 10.2 Å². The molecule has 0 amide bonds. The van der Waals surface area contributed by atoms with Crippen LogP contribution in [-0.4, -0.2) is 20.6 Å². The molecule has 0 aliphatic rings. The molecule has 2 aromatic rings. The molecule has 0 aliphatic carbocycles. The lowest BCUT2D eigenvalue weighted by atomic mass is 9.99. The van der Waals surface area contributed by atoms with Gasteiger partial charge in [0, 0.05) is 25.3 Å². The minimum absolute atomic E-state index is 0.202. The maximum Gasteiger partial charge on any atom is 0.125 e. The zero-order valence-corrected chi connectivity index (χ0v) is 13.2. The standard InChI is InChI=1S/C18H23FN2/c1-13-8-9-17(14(2)10-13)18(20-3)12-21(4)16-7-5-6-15(19)11-16/h5-11,18,20H,12H2,1-4H3. The van der Waals surface area contributed by atoms with Crippen LogP contribution in [0.15, 0.2) is 42.5 Å². The van der Waals surface area contributed by atoms with E-state index >= 15 is 0 Å². The summed E-state index contributed by atoms with van der Waals surface area (Å²) in [5.41, 5.74) is 4.72. The Bertz CT molecular complexity index is 610. The van der Waals surface area contributed by atoms with Crippen molar-refractivity contribution in [2.24, 2.45) is 0 Å². The number of nitrogens with zero attached hydrogens (tertiary/aromatic N) is 1. The van der Waals surface area contributed by atoms with Gasteiger partial charge in [-0.25, -0.2) is 4.39 Å². The molecule has 0 saturated heterocycles. The molecule has 1 atom stereocenters. The fourth-order valence-corrected chi connectivity index (χ4v) is 2.65. The van der Waals surface area contributed by atoms with Gasteiger partial charge in [-0.05, 0) is 50.2 Å². The van der Waals surface area contributed by atoms with E-state index in [0.717, 1.165) is 12.2 Å². The average molecular weight is 286 g/mol. The van der Waals surface area contributed by atoms with E-state index in [-0.39, 0.29) is 11.9 Å². The van der Waals surface area contributed by atoms with Crippen LogP contribution in [0.5, 0.6) is 0 Å². The molecule has 2 aromatic carbocycles. The third kappa shape index (κ3) is 3.82. The smallest absolute Gasteiger partial charge is 0.125 e. The maximum absolute atomic E-state index is 13.3. The molecule has 0 bridgehead atoms. The molecule has 0 radical (unpaired) electrons. The fourth-order valence-electron chi connectivity index (χ4n) is 2.65. The monoisotopic (exact) mass is 286 g/mol. The van der Waals surface area contributed by atoms with E-state index in [1.165, 1.54) is 22.8 Å². The molecule has 0 fully saturated rings. The van der Waals surface area contributed by atoms with E-state index < -0.39 is 0 Å². The van der Waals surface area contributed by atoms with Gasteiger partial charge in [-0.3, -0.25) is 0 Å². The number of nitrogens with one attached hydrogen (secondary N) is 1. The highest BCUT2D eigenvalue weighted by Gasteiger charge is 2.15. The van der Waals surface area contributed by atoms with Crippen molar-refractivity contribution in [2.75, 3.05) is 25.5 Å². The van der Waals surface area contributed by atoms with E-state index in [9.17, 15) is 4.39 Å². The summed E-state index contributed by atoms with van der Waals surface area (Å²) in [6.07, 6.45) is 0. The van der Waals surface area contributed by atoms with E-state index in [2.05, 4.69) is 42.3 Å².